The number of aryl methyl sites for hydroxylation is 2. The second-order valence-electron chi connectivity index (χ2n) is 5.32. The van der Waals surface area contributed by atoms with Gasteiger partial charge in [-0.15, -0.1) is 0 Å². The van der Waals surface area contributed by atoms with Gasteiger partial charge in [0.25, 0.3) is 5.91 Å². The van der Waals surface area contributed by atoms with E-state index < -0.39 is 17.2 Å². The van der Waals surface area contributed by atoms with Crippen molar-refractivity contribution in [2.45, 2.75) is 13.1 Å². The summed E-state index contributed by atoms with van der Waals surface area (Å²) >= 11 is 0. The molecule has 24 heavy (non-hydrogen) atoms. The number of rotatable bonds is 5. The van der Waals surface area contributed by atoms with Crippen molar-refractivity contribution in [3.63, 3.8) is 0 Å². The van der Waals surface area contributed by atoms with Crippen LogP contribution in [0.1, 0.15) is 10.4 Å². The van der Waals surface area contributed by atoms with Crippen molar-refractivity contribution in [3.05, 3.63) is 77.0 Å². The zero-order valence-electron chi connectivity index (χ0n) is 12.7. The number of hydrogen-bond donors (Lipinski definition) is 1. The zero-order chi connectivity index (χ0) is 17.1. The van der Waals surface area contributed by atoms with Crippen molar-refractivity contribution in [1.82, 2.24) is 14.1 Å². The maximum atomic E-state index is 13.1. The monoisotopic (exact) mass is 326 g/mol. The molecule has 3 rings (SSSR count). The Balaban J connectivity index is 2.02. The Morgan fingerprint density at radius 2 is 1.83 bits per heavy atom. The number of carbonyl (C=O) groups is 1. The molecule has 0 atom stereocenters. The highest BCUT2D eigenvalue weighted by Gasteiger charge is 2.14. The van der Waals surface area contributed by atoms with Crippen LogP contribution in [0.2, 0.25) is 0 Å². The van der Waals surface area contributed by atoms with E-state index in [0.717, 1.165) is 0 Å². The lowest BCUT2D eigenvalue weighted by molar-refractivity contribution is 0.0998. The predicted octanol–water partition coefficient (Wildman–Crippen LogP) is 1.65. The molecule has 0 aliphatic carbocycles. The molecule has 0 radical (unpaired) electrons. The molecule has 0 saturated carbocycles. The summed E-state index contributed by atoms with van der Waals surface area (Å²) in [5.74, 6) is -1.19. The van der Waals surface area contributed by atoms with E-state index in [1.54, 1.807) is 23.3 Å². The fourth-order valence-electron chi connectivity index (χ4n) is 2.42. The van der Waals surface area contributed by atoms with Crippen molar-refractivity contribution in [2.24, 2.45) is 5.73 Å². The average molecular weight is 326 g/mol. The second-order valence-corrected chi connectivity index (χ2v) is 5.32. The van der Waals surface area contributed by atoms with E-state index in [-0.39, 0.29) is 5.56 Å². The zero-order valence-corrected chi connectivity index (χ0v) is 12.7. The lowest BCUT2D eigenvalue weighted by atomic mass is 10.0. The van der Waals surface area contributed by atoms with E-state index in [2.05, 4.69) is 4.98 Å². The highest BCUT2D eigenvalue weighted by Crippen LogP contribution is 2.16. The van der Waals surface area contributed by atoms with Crippen LogP contribution in [0.25, 0.3) is 11.1 Å². The molecule has 0 aliphatic rings. The van der Waals surface area contributed by atoms with Gasteiger partial charge in [-0.1, -0.05) is 12.1 Å². The Hall–Kier alpha value is -3.22. The van der Waals surface area contributed by atoms with Gasteiger partial charge in [-0.25, -0.2) is 9.37 Å². The largest absolute Gasteiger partial charge is 0.365 e. The van der Waals surface area contributed by atoms with Gasteiger partial charge in [-0.3, -0.25) is 9.59 Å². The molecular weight excluding hydrogens is 311 g/mol. The lowest BCUT2D eigenvalue weighted by Gasteiger charge is -2.11. The van der Waals surface area contributed by atoms with Crippen LogP contribution in [0.15, 0.2) is 60.2 Å². The number of hydrogen-bond acceptors (Lipinski definition) is 3. The average Bonchev–Trinajstić information content (AvgIpc) is 3.08. The minimum absolute atomic E-state index is 0.0949. The van der Waals surface area contributed by atoms with Gasteiger partial charge < -0.3 is 14.9 Å². The minimum Gasteiger partial charge on any atom is -0.365 e. The Labute approximate surface area is 137 Å². The van der Waals surface area contributed by atoms with Gasteiger partial charge in [0.2, 0.25) is 5.43 Å². The second kappa shape index (κ2) is 6.49. The molecule has 0 bridgehead atoms. The van der Waals surface area contributed by atoms with Crippen LogP contribution >= 0.6 is 0 Å². The van der Waals surface area contributed by atoms with Crippen LogP contribution in [-0.2, 0) is 13.1 Å². The van der Waals surface area contributed by atoms with Crippen molar-refractivity contribution >= 4 is 5.91 Å². The molecule has 2 aromatic heterocycles. The number of nitrogens with zero attached hydrogens (tertiary/aromatic N) is 3. The first-order valence-corrected chi connectivity index (χ1v) is 7.30. The molecule has 0 fully saturated rings. The van der Waals surface area contributed by atoms with E-state index in [0.29, 0.717) is 24.2 Å². The lowest BCUT2D eigenvalue weighted by Crippen LogP contribution is -2.25. The number of halogens is 1. The summed E-state index contributed by atoms with van der Waals surface area (Å²) in [6.45, 7) is 1.13. The van der Waals surface area contributed by atoms with E-state index in [4.69, 9.17) is 5.73 Å². The Kier molecular flexibility index (Phi) is 4.24. The molecule has 7 heteroatoms. The summed E-state index contributed by atoms with van der Waals surface area (Å²) in [6, 6.07) is 5.52. The number of imidazole rings is 1. The number of carbonyl (C=O) groups excluding carboxylic acids is 1. The first-order chi connectivity index (χ1) is 11.5. The number of benzene rings is 1. The number of primary amides is 1. The molecule has 2 N–H and O–H groups in total. The molecule has 1 aromatic carbocycles. The molecular formula is C17H15FN4O2. The van der Waals surface area contributed by atoms with Crippen molar-refractivity contribution in [2.75, 3.05) is 0 Å². The molecule has 1 amide bonds. The first-order valence-electron chi connectivity index (χ1n) is 7.30. The van der Waals surface area contributed by atoms with Gasteiger partial charge in [0.15, 0.2) is 0 Å². The van der Waals surface area contributed by atoms with Crippen LogP contribution in [-0.4, -0.2) is 20.0 Å². The Morgan fingerprint density at radius 1 is 1.12 bits per heavy atom. The van der Waals surface area contributed by atoms with Gasteiger partial charge in [-0.2, -0.15) is 0 Å². The fraction of sp³-hybridized carbons (Fsp3) is 0.118. The predicted molar refractivity (Wildman–Crippen MR) is 86.8 cm³/mol. The molecule has 0 saturated heterocycles. The molecule has 0 unspecified atom stereocenters. The van der Waals surface area contributed by atoms with E-state index in [9.17, 15) is 14.0 Å². The number of aromatic nitrogens is 3. The third-order valence-corrected chi connectivity index (χ3v) is 3.68. The smallest absolute Gasteiger partial charge is 0.254 e. The van der Waals surface area contributed by atoms with Gasteiger partial charge in [0.05, 0.1) is 6.33 Å². The van der Waals surface area contributed by atoms with Gasteiger partial charge in [0.1, 0.15) is 11.4 Å². The van der Waals surface area contributed by atoms with Crippen LogP contribution < -0.4 is 11.2 Å². The number of nitrogens with two attached hydrogens (primary N) is 1. The summed E-state index contributed by atoms with van der Waals surface area (Å²) in [5, 5.41) is 0. The quantitative estimate of drug-likeness (QED) is 0.774. The Morgan fingerprint density at radius 3 is 2.46 bits per heavy atom. The standard InChI is InChI=1S/C17H15FN4O2/c18-13-3-1-12(2-4-13)14-9-22(8-7-21-6-5-20-11-21)10-15(16(14)23)17(19)24/h1-6,9-11H,7-8H2,(H2,19,24). The third-order valence-electron chi connectivity index (χ3n) is 3.68. The van der Waals surface area contributed by atoms with E-state index in [1.165, 1.54) is 30.5 Å². The van der Waals surface area contributed by atoms with Crippen LogP contribution in [0.5, 0.6) is 0 Å². The van der Waals surface area contributed by atoms with Crippen LogP contribution in [0.3, 0.4) is 0 Å². The number of pyridine rings is 1. The Bertz CT molecular complexity index is 915. The van der Waals surface area contributed by atoms with Crippen molar-refractivity contribution in [3.8, 4) is 11.1 Å². The van der Waals surface area contributed by atoms with Gasteiger partial charge in [0, 0.05) is 43.4 Å². The van der Waals surface area contributed by atoms with Gasteiger partial charge >= 0.3 is 0 Å². The van der Waals surface area contributed by atoms with E-state index >= 15 is 0 Å². The summed E-state index contributed by atoms with van der Waals surface area (Å²) < 4.78 is 16.7. The summed E-state index contributed by atoms with van der Waals surface area (Å²) in [5.41, 5.74) is 5.59. The van der Waals surface area contributed by atoms with Crippen molar-refractivity contribution < 1.29 is 9.18 Å². The molecule has 2 heterocycles. The number of amides is 1. The van der Waals surface area contributed by atoms with Crippen molar-refractivity contribution in [1.29, 1.82) is 0 Å². The maximum Gasteiger partial charge on any atom is 0.254 e. The molecule has 0 spiro atoms. The fourth-order valence-corrected chi connectivity index (χ4v) is 2.42. The summed E-state index contributed by atoms with van der Waals surface area (Å²) in [6.07, 6.45) is 8.24. The summed E-state index contributed by atoms with van der Waals surface area (Å²) in [7, 11) is 0. The highest BCUT2D eigenvalue weighted by molar-refractivity contribution is 5.93. The third kappa shape index (κ3) is 3.24. The first kappa shape index (κ1) is 15.7. The van der Waals surface area contributed by atoms with Gasteiger partial charge in [-0.05, 0) is 17.7 Å². The molecule has 6 nitrogen and oxygen atoms in total. The molecule has 122 valence electrons. The highest BCUT2D eigenvalue weighted by atomic mass is 19.1. The normalized spacial score (nSPS) is 10.7. The molecule has 0 aliphatic heterocycles. The van der Waals surface area contributed by atoms with Crippen LogP contribution in [0, 0.1) is 5.82 Å². The SMILES string of the molecule is NC(=O)c1cn(CCn2ccnc2)cc(-c2ccc(F)cc2)c1=O. The molecule has 3 aromatic rings. The summed E-state index contributed by atoms with van der Waals surface area (Å²) in [4.78, 5) is 28.0. The minimum atomic E-state index is -0.791. The van der Waals surface area contributed by atoms with E-state index in [1.807, 2.05) is 10.8 Å². The maximum absolute atomic E-state index is 13.1. The van der Waals surface area contributed by atoms with Crippen LogP contribution in [0.4, 0.5) is 4.39 Å². The topological polar surface area (TPSA) is 82.9 Å².